The molecule has 10 aromatic rings. The van der Waals surface area contributed by atoms with Gasteiger partial charge in [-0.3, -0.25) is 0 Å². The van der Waals surface area contributed by atoms with Gasteiger partial charge in [-0.15, -0.1) is 0 Å². The van der Waals surface area contributed by atoms with E-state index < -0.39 is 0 Å². The molecule has 0 fully saturated rings. The minimum Gasteiger partial charge on any atom is -0.0610 e. The number of benzene rings is 10. The molecule has 0 nitrogen and oxygen atoms in total. The van der Waals surface area contributed by atoms with Gasteiger partial charge in [0.15, 0.2) is 0 Å². The Bertz CT molecular complexity index is 2880. The summed E-state index contributed by atoms with van der Waals surface area (Å²) < 4.78 is 0. The molecule has 0 heteroatoms. The number of hydrogen-bond acceptors (Lipinski definition) is 0. The second-order valence-corrected chi connectivity index (χ2v) is 12.9. The van der Waals surface area contributed by atoms with Crippen molar-refractivity contribution in [3.05, 3.63) is 158 Å². The van der Waals surface area contributed by atoms with E-state index in [0.717, 1.165) is 0 Å². The lowest BCUT2D eigenvalue weighted by Crippen LogP contribution is -1.88. The van der Waals surface area contributed by atoms with Gasteiger partial charge in [0.25, 0.3) is 0 Å². The highest BCUT2D eigenvalue weighted by molar-refractivity contribution is 6.26. The van der Waals surface area contributed by atoms with E-state index in [9.17, 15) is 0 Å². The molecule has 0 amide bonds. The summed E-state index contributed by atoms with van der Waals surface area (Å²) >= 11 is 0. The smallest absolute Gasteiger partial charge is 0.00206 e. The molecule has 210 valence electrons. The Labute approximate surface area is 266 Å². The highest BCUT2D eigenvalue weighted by Crippen LogP contribution is 2.48. The summed E-state index contributed by atoms with van der Waals surface area (Å²) in [6, 6.07) is 59.2. The molecule has 46 heavy (non-hydrogen) atoms. The summed E-state index contributed by atoms with van der Waals surface area (Å²) in [4.78, 5) is 0. The van der Waals surface area contributed by atoms with Gasteiger partial charge in [-0.2, -0.15) is 0 Å². The van der Waals surface area contributed by atoms with Crippen molar-refractivity contribution < 1.29 is 0 Å². The third-order valence-corrected chi connectivity index (χ3v) is 10.5. The predicted molar refractivity (Wildman–Crippen MR) is 198 cm³/mol. The lowest BCUT2D eigenvalue weighted by atomic mass is 9.89. The van der Waals surface area contributed by atoms with Crippen LogP contribution in [0, 0.1) is 0 Å². The van der Waals surface area contributed by atoms with Gasteiger partial charge in [0.2, 0.25) is 0 Å². The first-order chi connectivity index (χ1) is 22.8. The van der Waals surface area contributed by atoms with E-state index in [1.165, 1.54) is 109 Å². The van der Waals surface area contributed by atoms with Crippen LogP contribution in [0.1, 0.15) is 0 Å². The molecule has 0 saturated heterocycles. The summed E-state index contributed by atoms with van der Waals surface area (Å²) in [6.45, 7) is 0. The van der Waals surface area contributed by atoms with Gasteiger partial charge >= 0.3 is 0 Å². The average Bonchev–Trinajstić information content (AvgIpc) is 3.44. The first-order valence-corrected chi connectivity index (χ1v) is 16.1. The molecule has 0 aliphatic heterocycles. The van der Waals surface area contributed by atoms with Crippen molar-refractivity contribution >= 4 is 64.6 Å². The monoisotopic (exact) mass is 578 g/mol. The Morgan fingerprint density at radius 1 is 0.217 bits per heavy atom. The Hall–Kier alpha value is -5.98. The summed E-state index contributed by atoms with van der Waals surface area (Å²) in [5.41, 5.74) is 10.4. The second-order valence-electron chi connectivity index (χ2n) is 12.9. The van der Waals surface area contributed by atoms with E-state index >= 15 is 0 Å². The number of fused-ring (bicyclic) bond motifs is 6. The van der Waals surface area contributed by atoms with E-state index in [1.807, 2.05) is 0 Å². The maximum absolute atomic E-state index is 2.41. The summed E-state index contributed by atoms with van der Waals surface area (Å²) in [5.74, 6) is 0. The van der Waals surface area contributed by atoms with Gasteiger partial charge in [0.05, 0.1) is 0 Å². The van der Waals surface area contributed by atoms with Crippen molar-refractivity contribution in [1.82, 2.24) is 0 Å². The van der Waals surface area contributed by atoms with Crippen molar-refractivity contribution in [2.45, 2.75) is 0 Å². The van der Waals surface area contributed by atoms with Crippen LogP contribution < -0.4 is 0 Å². The lowest BCUT2D eigenvalue weighted by molar-refractivity contribution is 1.64. The molecule has 1 aliphatic carbocycles. The van der Waals surface area contributed by atoms with E-state index in [0.29, 0.717) is 0 Å². The van der Waals surface area contributed by atoms with Crippen LogP contribution in [0.5, 0.6) is 0 Å². The standard InChI is InChI=1S/C46H26/c1-4-30-14-15-32-18-21-36(40-23-19-31(5-1)44(30)46(32)40)35-17-13-28-11-10-27-12-16-33(24-41(27)42(28)26-35)34-20-22-37-38-8-2-6-29-7-3-9-39(45(29)38)43(37)25-34/h1-26H. The average molecular weight is 579 g/mol. The van der Waals surface area contributed by atoms with Gasteiger partial charge in [-0.1, -0.05) is 140 Å². The van der Waals surface area contributed by atoms with Gasteiger partial charge in [-0.05, 0) is 127 Å². The molecule has 0 saturated carbocycles. The molecule has 0 N–H and O–H groups in total. The van der Waals surface area contributed by atoms with Crippen LogP contribution in [-0.2, 0) is 0 Å². The van der Waals surface area contributed by atoms with Gasteiger partial charge in [0, 0.05) is 0 Å². The van der Waals surface area contributed by atoms with E-state index in [2.05, 4.69) is 158 Å². The molecule has 0 bridgehead atoms. The molecular weight excluding hydrogens is 553 g/mol. The molecular formula is C46H26. The van der Waals surface area contributed by atoms with Crippen LogP contribution in [0.2, 0.25) is 0 Å². The zero-order chi connectivity index (χ0) is 29.9. The first kappa shape index (κ1) is 24.4. The molecule has 0 aromatic heterocycles. The van der Waals surface area contributed by atoms with Crippen LogP contribution in [0.4, 0.5) is 0 Å². The largest absolute Gasteiger partial charge is 0.0610 e. The van der Waals surface area contributed by atoms with Gasteiger partial charge in [-0.25, -0.2) is 0 Å². The van der Waals surface area contributed by atoms with Crippen LogP contribution in [0.15, 0.2) is 158 Å². The van der Waals surface area contributed by atoms with Crippen LogP contribution in [0.3, 0.4) is 0 Å². The fourth-order valence-electron chi connectivity index (χ4n) is 8.35. The molecule has 0 heterocycles. The zero-order valence-corrected chi connectivity index (χ0v) is 25.0. The Morgan fingerprint density at radius 3 is 1.46 bits per heavy atom. The van der Waals surface area contributed by atoms with E-state index in [-0.39, 0.29) is 0 Å². The van der Waals surface area contributed by atoms with Crippen molar-refractivity contribution in [3.8, 4) is 44.5 Å². The van der Waals surface area contributed by atoms with Gasteiger partial charge < -0.3 is 0 Å². The molecule has 0 unspecified atom stereocenters. The molecule has 0 radical (unpaired) electrons. The Morgan fingerprint density at radius 2 is 0.696 bits per heavy atom. The molecule has 0 atom stereocenters. The summed E-state index contributed by atoms with van der Waals surface area (Å²) in [7, 11) is 0. The van der Waals surface area contributed by atoms with Crippen molar-refractivity contribution in [1.29, 1.82) is 0 Å². The highest BCUT2D eigenvalue weighted by atomic mass is 14.2. The third kappa shape index (κ3) is 3.23. The van der Waals surface area contributed by atoms with Gasteiger partial charge in [0.1, 0.15) is 0 Å². The molecule has 10 aromatic carbocycles. The number of rotatable bonds is 2. The fourth-order valence-corrected chi connectivity index (χ4v) is 8.35. The molecule has 0 spiro atoms. The zero-order valence-electron chi connectivity index (χ0n) is 25.0. The Kier molecular flexibility index (Phi) is 4.66. The molecule has 11 rings (SSSR count). The minimum atomic E-state index is 1.25. The minimum absolute atomic E-state index is 1.25. The summed E-state index contributed by atoms with van der Waals surface area (Å²) in [6.07, 6.45) is 0. The maximum atomic E-state index is 2.41. The normalized spacial score (nSPS) is 12.3. The fraction of sp³-hybridized carbons (Fsp3) is 0. The third-order valence-electron chi connectivity index (χ3n) is 10.5. The van der Waals surface area contributed by atoms with Crippen LogP contribution >= 0.6 is 0 Å². The second kappa shape index (κ2) is 8.81. The van der Waals surface area contributed by atoms with Crippen LogP contribution in [0.25, 0.3) is 109 Å². The van der Waals surface area contributed by atoms with Crippen molar-refractivity contribution in [2.24, 2.45) is 0 Å². The van der Waals surface area contributed by atoms with E-state index in [4.69, 9.17) is 0 Å². The van der Waals surface area contributed by atoms with Crippen LogP contribution in [-0.4, -0.2) is 0 Å². The highest BCUT2D eigenvalue weighted by Gasteiger charge is 2.21. The number of hydrogen-bond donors (Lipinski definition) is 0. The maximum Gasteiger partial charge on any atom is -0.00206 e. The van der Waals surface area contributed by atoms with E-state index in [1.54, 1.807) is 0 Å². The Balaban J connectivity index is 1.10. The SMILES string of the molecule is c1cc2c3c(cccc3c1)-c1cc(-c3ccc4ccc5ccc(-c6ccc7ccc8cccc9ccc6c7c89)cc5c4c3)ccc1-2. The predicted octanol–water partition coefficient (Wildman–Crippen LogP) is 13.0. The summed E-state index contributed by atoms with van der Waals surface area (Å²) in [5, 5.41) is 15.8. The molecule has 1 aliphatic rings. The topological polar surface area (TPSA) is 0 Å². The van der Waals surface area contributed by atoms with Crippen molar-refractivity contribution in [2.75, 3.05) is 0 Å². The quantitative estimate of drug-likeness (QED) is 0.179. The lowest BCUT2D eigenvalue weighted by Gasteiger charge is -2.15. The first-order valence-electron chi connectivity index (χ1n) is 16.1. The van der Waals surface area contributed by atoms with Crippen molar-refractivity contribution in [3.63, 3.8) is 0 Å².